The number of benzene rings is 3. The number of nitriles is 1. The van der Waals surface area contributed by atoms with Crippen LogP contribution in [0.1, 0.15) is 35.3 Å². The van der Waals surface area contributed by atoms with Crippen LogP contribution in [0.2, 0.25) is 0 Å². The van der Waals surface area contributed by atoms with E-state index in [0.29, 0.717) is 41.5 Å². The fourth-order valence-electron chi connectivity index (χ4n) is 3.16. The van der Waals surface area contributed by atoms with Crippen molar-refractivity contribution in [2.75, 3.05) is 18.5 Å². The van der Waals surface area contributed by atoms with Gasteiger partial charge in [0.25, 0.3) is 5.91 Å². The Bertz CT molecular complexity index is 1280. The highest BCUT2D eigenvalue weighted by Crippen LogP contribution is 2.30. The number of nitrogens with zero attached hydrogens (tertiary/aromatic N) is 1. The number of hydrogen-bond donors (Lipinski definition) is 1. The van der Waals surface area contributed by atoms with Crippen LogP contribution in [0, 0.1) is 14.9 Å². The van der Waals surface area contributed by atoms with Crippen LogP contribution < -0.4 is 14.8 Å². The zero-order valence-electron chi connectivity index (χ0n) is 19.9. The number of rotatable bonds is 10. The van der Waals surface area contributed by atoms with Crippen molar-refractivity contribution < 1.29 is 23.8 Å². The first-order valence-corrected chi connectivity index (χ1v) is 12.4. The molecule has 0 atom stereocenters. The van der Waals surface area contributed by atoms with Gasteiger partial charge in [0.05, 0.1) is 18.8 Å². The molecular formula is C28H25IN2O5. The summed E-state index contributed by atoms with van der Waals surface area (Å²) in [6.07, 6.45) is 1.48. The molecule has 8 heteroatoms. The number of hydrogen-bond acceptors (Lipinski definition) is 6. The van der Waals surface area contributed by atoms with Crippen LogP contribution in [0.5, 0.6) is 11.5 Å². The minimum atomic E-state index is -0.571. The third-order valence-corrected chi connectivity index (χ3v) is 5.62. The number of anilines is 1. The zero-order valence-corrected chi connectivity index (χ0v) is 22.1. The second kappa shape index (κ2) is 13.3. The maximum absolute atomic E-state index is 12.7. The second-order valence-corrected chi connectivity index (χ2v) is 8.72. The van der Waals surface area contributed by atoms with Gasteiger partial charge in [-0.05, 0) is 102 Å². The van der Waals surface area contributed by atoms with Crippen molar-refractivity contribution in [1.29, 1.82) is 5.26 Å². The fourth-order valence-corrected chi connectivity index (χ4v) is 3.52. The molecule has 0 unspecified atom stereocenters. The maximum atomic E-state index is 12.7. The average molecular weight is 596 g/mol. The van der Waals surface area contributed by atoms with Crippen LogP contribution in [0.3, 0.4) is 0 Å². The van der Waals surface area contributed by atoms with Gasteiger partial charge in [0.15, 0.2) is 11.5 Å². The molecule has 1 N–H and O–H groups in total. The number of ether oxygens (including phenoxy) is 3. The molecule has 0 fully saturated rings. The molecule has 0 aliphatic heterocycles. The van der Waals surface area contributed by atoms with Crippen molar-refractivity contribution in [3.63, 3.8) is 0 Å². The summed E-state index contributed by atoms with van der Waals surface area (Å²) in [5.74, 6) is 0.0728. The van der Waals surface area contributed by atoms with Gasteiger partial charge in [-0.15, -0.1) is 0 Å². The summed E-state index contributed by atoms with van der Waals surface area (Å²) >= 11 is 2.25. The average Bonchev–Trinajstić information content (AvgIpc) is 2.88. The number of esters is 1. The lowest BCUT2D eigenvalue weighted by Crippen LogP contribution is -2.13. The minimum absolute atomic E-state index is 0.0838. The molecule has 36 heavy (non-hydrogen) atoms. The summed E-state index contributed by atoms with van der Waals surface area (Å²) in [7, 11) is 0. The Balaban J connectivity index is 1.72. The Labute approximate surface area is 223 Å². The van der Waals surface area contributed by atoms with E-state index in [2.05, 4.69) is 27.9 Å². The van der Waals surface area contributed by atoms with Crippen LogP contribution in [-0.4, -0.2) is 25.1 Å². The Hall–Kier alpha value is -3.84. The molecule has 0 spiro atoms. The van der Waals surface area contributed by atoms with E-state index >= 15 is 0 Å². The Morgan fingerprint density at radius 2 is 1.67 bits per heavy atom. The van der Waals surface area contributed by atoms with E-state index in [1.54, 1.807) is 49.4 Å². The number of halogens is 1. The van der Waals surface area contributed by atoms with Crippen molar-refractivity contribution >= 4 is 46.2 Å². The molecule has 3 rings (SSSR count). The van der Waals surface area contributed by atoms with Crippen LogP contribution in [-0.2, 0) is 16.1 Å². The Morgan fingerprint density at radius 3 is 2.31 bits per heavy atom. The molecule has 3 aromatic carbocycles. The first kappa shape index (κ1) is 26.8. The predicted octanol–water partition coefficient (Wildman–Crippen LogP) is 5.99. The fraction of sp³-hybridized carbons (Fsp3) is 0.179. The van der Waals surface area contributed by atoms with Crippen molar-refractivity contribution in [3.8, 4) is 17.6 Å². The van der Waals surface area contributed by atoms with Gasteiger partial charge in [0.1, 0.15) is 18.2 Å². The van der Waals surface area contributed by atoms with E-state index in [1.807, 2.05) is 37.3 Å². The lowest BCUT2D eigenvalue weighted by molar-refractivity contribution is -0.112. The van der Waals surface area contributed by atoms with Crippen molar-refractivity contribution in [1.82, 2.24) is 0 Å². The largest absolute Gasteiger partial charge is 0.490 e. The van der Waals surface area contributed by atoms with Crippen molar-refractivity contribution in [2.24, 2.45) is 0 Å². The van der Waals surface area contributed by atoms with Gasteiger partial charge in [-0.1, -0.05) is 18.2 Å². The molecule has 0 radical (unpaired) electrons. The van der Waals surface area contributed by atoms with Crippen LogP contribution in [0.25, 0.3) is 6.08 Å². The molecule has 0 saturated carbocycles. The van der Waals surface area contributed by atoms with Crippen LogP contribution in [0.4, 0.5) is 5.69 Å². The molecule has 0 bridgehead atoms. The second-order valence-electron chi connectivity index (χ2n) is 7.48. The van der Waals surface area contributed by atoms with Gasteiger partial charge in [0, 0.05) is 9.26 Å². The minimum Gasteiger partial charge on any atom is -0.490 e. The molecule has 3 aromatic rings. The van der Waals surface area contributed by atoms with Gasteiger partial charge >= 0.3 is 5.97 Å². The summed E-state index contributed by atoms with van der Waals surface area (Å²) in [5.41, 5.74) is 2.38. The zero-order chi connectivity index (χ0) is 25.9. The Kier molecular flexibility index (Phi) is 9.89. The number of nitrogens with one attached hydrogen (secondary N) is 1. The standard InChI is InChI=1S/C28H25IN2O5/c1-3-34-26-16-20(7-14-25(26)36-18-19-5-10-23(29)11-6-19)15-22(17-30)27(32)31-24-12-8-21(9-13-24)28(33)35-4-2/h5-16H,3-4,18H2,1-2H3,(H,31,32)/b22-15+. The molecule has 7 nitrogen and oxygen atoms in total. The predicted molar refractivity (Wildman–Crippen MR) is 146 cm³/mol. The molecule has 0 aliphatic rings. The summed E-state index contributed by atoms with van der Waals surface area (Å²) in [6.45, 7) is 4.68. The monoisotopic (exact) mass is 596 g/mol. The van der Waals surface area contributed by atoms with E-state index in [0.717, 1.165) is 9.13 Å². The molecule has 184 valence electrons. The topological polar surface area (TPSA) is 97.7 Å². The third kappa shape index (κ3) is 7.58. The number of amides is 1. The molecular weight excluding hydrogens is 571 g/mol. The smallest absolute Gasteiger partial charge is 0.338 e. The number of carbonyl (C=O) groups is 2. The van der Waals surface area contributed by atoms with Gasteiger partial charge < -0.3 is 19.5 Å². The lowest BCUT2D eigenvalue weighted by atomic mass is 10.1. The first-order valence-electron chi connectivity index (χ1n) is 11.3. The first-order chi connectivity index (χ1) is 17.4. The van der Waals surface area contributed by atoms with Gasteiger partial charge in [0.2, 0.25) is 0 Å². The van der Waals surface area contributed by atoms with E-state index < -0.39 is 11.9 Å². The normalized spacial score (nSPS) is 10.8. The lowest BCUT2D eigenvalue weighted by Gasteiger charge is -2.13. The molecule has 1 amide bonds. The van der Waals surface area contributed by atoms with Crippen molar-refractivity contribution in [2.45, 2.75) is 20.5 Å². The summed E-state index contributed by atoms with van der Waals surface area (Å²) in [5, 5.41) is 12.2. The van der Waals surface area contributed by atoms with Crippen molar-refractivity contribution in [3.05, 3.63) is 92.6 Å². The molecule has 0 aromatic heterocycles. The van der Waals surface area contributed by atoms with Gasteiger partial charge in [-0.3, -0.25) is 4.79 Å². The molecule has 0 heterocycles. The highest BCUT2D eigenvalue weighted by atomic mass is 127. The maximum Gasteiger partial charge on any atom is 0.338 e. The highest BCUT2D eigenvalue weighted by molar-refractivity contribution is 14.1. The van der Waals surface area contributed by atoms with E-state index in [4.69, 9.17) is 14.2 Å². The van der Waals surface area contributed by atoms with Crippen LogP contribution >= 0.6 is 22.6 Å². The number of carbonyl (C=O) groups excluding carboxylic acids is 2. The molecule has 0 saturated heterocycles. The van der Waals surface area contributed by atoms with E-state index in [1.165, 1.54) is 6.08 Å². The summed E-state index contributed by atoms with van der Waals surface area (Å²) in [6, 6.07) is 21.5. The quantitative estimate of drug-likeness (QED) is 0.134. The summed E-state index contributed by atoms with van der Waals surface area (Å²) in [4.78, 5) is 24.5. The molecule has 0 aliphatic carbocycles. The van der Waals surface area contributed by atoms with Gasteiger partial charge in [-0.25, -0.2) is 4.79 Å². The van der Waals surface area contributed by atoms with Crippen LogP contribution in [0.15, 0.2) is 72.3 Å². The third-order valence-electron chi connectivity index (χ3n) is 4.91. The van der Waals surface area contributed by atoms with E-state index in [9.17, 15) is 14.9 Å². The van der Waals surface area contributed by atoms with Gasteiger partial charge in [-0.2, -0.15) is 5.26 Å². The SMILES string of the molecule is CCOC(=O)c1ccc(NC(=O)/C(C#N)=C/c2ccc(OCc3ccc(I)cc3)c(OCC)c2)cc1. The van der Waals surface area contributed by atoms with E-state index in [-0.39, 0.29) is 12.2 Å². The summed E-state index contributed by atoms with van der Waals surface area (Å²) < 4.78 is 17.8. The highest BCUT2D eigenvalue weighted by Gasteiger charge is 2.13. The Morgan fingerprint density at radius 1 is 0.944 bits per heavy atom.